The Bertz CT molecular complexity index is 363. The van der Waals surface area contributed by atoms with E-state index >= 15 is 0 Å². The van der Waals surface area contributed by atoms with Crippen LogP contribution in [-0.2, 0) is 6.54 Å². The number of carbonyl (C=O) groups is 1. The van der Waals surface area contributed by atoms with E-state index in [0.717, 1.165) is 12.1 Å². The predicted octanol–water partition coefficient (Wildman–Crippen LogP) is 1.13. The highest BCUT2D eigenvalue weighted by Crippen LogP contribution is 2.12. The maximum absolute atomic E-state index is 11.5. The Labute approximate surface area is 96.4 Å². The third kappa shape index (κ3) is 3.05. The standard InChI is InChI=1S/C12H19N3O/c1-9(2)15(3)8-10-6-4-5-7-11(10)12(16)14-13/h4-7,9H,8,13H2,1-3H3,(H,14,16). The molecule has 88 valence electrons. The van der Waals surface area contributed by atoms with Crippen LogP contribution in [0.2, 0.25) is 0 Å². The van der Waals surface area contributed by atoms with Gasteiger partial charge in [0.2, 0.25) is 0 Å². The molecular weight excluding hydrogens is 202 g/mol. The molecule has 0 aliphatic rings. The van der Waals surface area contributed by atoms with Crippen molar-refractivity contribution in [3.05, 3.63) is 35.4 Å². The fourth-order valence-electron chi connectivity index (χ4n) is 1.41. The number of nitrogen functional groups attached to an aromatic ring is 1. The second kappa shape index (κ2) is 5.63. The smallest absolute Gasteiger partial charge is 0.265 e. The predicted molar refractivity (Wildman–Crippen MR) is 64.7 cm³/mol. The highest BCUT2D eigenvalue weighted by Gasteiger charge is 2.12. The highest BCUT2D eigenvalue weighted by atomic mass is 16.2. The number of hydrogen-bond donors (Lipinski definition) is 2. The van der Waals surface area contributed by atoms with Crippen LogP contribution >= 0.6 is 0 Å². The van der Waals surface area contributed by atoms with Crippen molar-refractivity contribution < 1.29 is 4.79 Å². The summed E-state index contributed by atoms with van der Waals surface area (Å²) in [5, 5.41) is 0. The summed E-state index contributed by atoms with van der Waals surface area (Å²) in [7, 11) is 2.03. The minimum absolute atomic E-state index is 0.243. The minimum Gasteiger partial charge on any atom is -0.300 e. The fraction of sp³-hybridized carbons (Fsp3) is 0.417. The first-order chi connectivity index (χ1) is 7.56. The molecule has 1 amide bonds. The maximum Gasteiger partial charge on any atom is 0.265 e. The van der Waals surface area contributed by atoms with Crippen LogP contribution in [-0.4, -0.2) is 23.9 Å². The van der Waals surface area contributed by atoms with E-state index in [1.165, 1.54) is 0 Å². The lowest BCUT2D eigenvalue weighted by Crippen LogP contribution is -2.32. The van der Waals surface area contributed by atoms with Crippen molar-refractivity contribution in [3.63, 3.8) is 0 Å². The van der Waals surface area contributed by atoms with Crippen molar-refractivity contribution >= 4 is 5.91 Å². The third-order valence-corrected chi connectivity index (χ3v) is 2.69. The molecule has 0 fully saturated rings. The molecule has 16 heavy (non-hydrogen) atoms. The summed E-state index contributed by atoms with van der Waals surface area (Å²) in [6.45, 7) is 4.97. The molecule has 1 rings (SSSR count). The van der Waals surface area contributed by atoms with E-state index in [4.69, 9.17) is 5.84 Å². The van der Waals surface area contributed by atoms with Crippen molar-refractivity contribution in [2.24, 2.45) is 5.84 Å². The Morgan fingerprint density at radius 2 is 2.06 bits per heavy atom. The molecule has 0 spiro atoms. The molecule has 0 heterocycles. The first kappa shape index (κ1) is 12.7. The summed E-state index contributed by atoms with van der Waals surface area (Å²) < 4.78 is 0. The van der Waals surface area contributed by atoms with E-state index in [1.54, 1.807) is 6.07 Å². The normalized spacial score (nSPS) is 10.9. The van der Waals surface area contributed by atoms with E-state index in [0.29, 0.717) is 11.6 Å². The van der Waals surface area contributed by atoms with Gasteiger partial charge in [0.25, 0.3) is 5.91 Å². The van der Waals surface area contributed by atoms with Crippen molar-refractivity contribution in [1.29, 1.82) is 0 Å². The molecule has 4 nitrogen and oxygen atoms in total. The molecule has 3 N–H and O–H groups in total. The number of nitrogens with one attached hydrogen (secondary N) is 1. The number of amides is 1. The van der Waals surface area contributed by atoms with Gasteiger partial charge in [0, 0.05) is 18.2 Å². The SMILES string of the molecule is CC(C)N(C)Cc1ccccc1C(=O)NN. The molecule has 0 aromatic heterocycles. The van der Waals surface area contributed by atoms with Gasteiger partial charge < -0.3 is 0 Å². The summed E-state index contributed by atoms with van der Waals surface area (Å²) in [5.74, 6) is 4.91. The first-order valence-corrected chi connectivity index (χ1v) is 5.35. The van der Waals surface area contributed by atoms with Gasteiger partial charge in [0.15, 0.2) is 0 Å². The zero-order chi connectivity index (χ0) is 12.1. The molecule has 1 aromatic rings. The van der Waals surface area contributed by atoms with Gasteiger partial charge in [-0.1, -0.05) is 18.2 Å². The quantitative estimate of drug-likeness (QED) is 0.455. The van der Waals surface area contributed by atoms with Gasteiger partial charge in [-0.3, -0.25) is 15.1 Å². The van der Waals surface area contributed by atoms with Crippen LogP contribution in [0, 0.1) is 0 Å². The summed E-state index contributed by atoms with van der Waals surface area (Å²) in [6.07, 6.45) is 0. The van der Waals surface area contributed by atoms with Crippen LogP contribution in [0.15, 0.2) is 24.3 Å². The van der Waals surface area contributed by atoms with Crippen LogP contribution in [0.1, 0.15) is 29.8 Å². The summed E-state index contributed by atoms with van der Waals surface area (Å²) in [4.78, 5) is 13.7. The Balaban J connectivity index is 2.91. The van der Waals surface area contributed by atoms with Gasteiger partial charge in [-0.25, -0.2) is 5.84 Å². The van der Waals surface area contributed by atoms with Gasteiger partial charge >= 0.3 is 0 Å². The maximum atomic E-state index is 11.5. The van der Waals surface area contributed by atoms with Crippen molar-refractivity contribution in [1.82, 2.24) is 10.3 Å². The number of rotatable bonds is 4. The largest absolute Gasteiger partial charge is 0.300 e. The topological polar surface area (TPSA) is 58.4 Å². The monoisotopic (exact) mass is 221 g/mol. The Kier molecular flexibility index (Phi) is 4.46. The zero-order valence-electron chi connectivity index (χ0n) is 10.0. The van der Waals surface area contributed by atoms with Crippen LogP contribution in [0.3, 0.4) is 0 Å². The fourth-order valence-corrected chi connectivity index (χ4v) is 1.41. The number of hydrazine groups is 1. The molecule has 0 bridgehead atoms. The second-order valence-corrected chi connectivity index (χ2v) is 4.14. The lowest BCUT2D eigenvalue weighted by molar-refractivity contribution is 0.0951. The Morgan fingerprint density at radius 1 is 1.44 bits per heavy atom. The highest BCUT2D eigenvalue weighted by molar-refractivity contribution is 5.95. The molecule has 0 aliphatic carbocycles. The number of carbonyl (C=O) groups excluding carboxylic acids is 1. The minimum atomic E-state index is -0.243. The zero-order valence-corrected chi connectivity index (χ0v) is 10.0. The molecule has 0 aliphatic heterocycles. The summed E-state index contributed by atoms with van der Waals surface area (Å²) in [5.41, 5.74) is 3.79. The number of nitrogens with zero attached hydrogens (tertiary/aromatic N) is 1. The number of hydrogen-bond acceptors (Lipinski definition) is 3. The molecular formula is C12H19N3O. The van der Waals surface area contributed by atoms with E-state index in [2.05, 4.69) is 24.2 Å². The number of nitrogens with two attached hydrogens (primary N) is 1. The number of benzene rings is 1. The average molecular weight is 221 g/mol. The van der Waals surface area contributed by atoms with E-state index < -0.39 is 0 Å². The van der Waals surface area contributed by atoms with Crippen molar-refractivity contribution in [2.45, 2.75) is 26.4 Å². The summed E-state index contributed by atoms with van der Waals surface area (Å²) in [6, 6.07) is 7.93. The lowest BCUT2D eigenvalue weighted by Gasteiger charge is -2.22. The van der Waals surface area contributed by atoms with Gasteiger partial charge in [-0.15, -0.1) is 0 Å². The van der Waals surface area contributed by atoms with Crippen LogP contribution < -0.4 is 11.3 Å². The first-order valence-electron chi connectivity index (χ1n) is 5.35. The average Bonchev–Trinajstić information content (AvgIpc) is 2.28. The second-order valence-electron chi connectivity index (χ2n) is 4.14. The van der Waals surface area contributed by atoms with Crippen molar-refractivity contribution in [3.8, 4) is 0 Å². The van der Waals surface area contributed by atoms with E-state index in [1.807, 2.05) is 25.2 Å². The van der Waals surface area contributed by atoms with Crippen LogP contribution in [0.5, 0.6) is 0 Å². The van der Waals surface area contributed by atoms with E-state index in [9.17, 15) is 4.79 Å². The molecule has 1 aromatic carbocycles. The molecule has 0 atom stereocenters. The third-order valence-electron chi connectivity index (χ3n) is 2.69. The van der Waals surface area contributed by atoms with Gasteiger partial charge in [-0.05, 0) is 32.5 Å². The van der Waals surface area contributed by atoms with Gasteiger partial charge in [0.05, 0.1) is 0 Å². The van der Waals surface area contributed by atoms with Crippen LogP contribution in [0.25, 0.3) is 0 Å². The summed E-state index contributed by atoms with van der Waals surface area (Å²) >= 11 is 0. The van der Waals surface area contributed by atoms with Gasteiger partial charge in [0.1, 0.15) is 0 Å². The lowest BCUT2D eigenvalue weighted by atomic mass is 10.1. The Morgan fingerprint density at radius 3 is 2.62 bits per heavy atom. The van der Waals surface area contributed by atoms with E-state index in [-0.39, 0.29) is 5.91 Å². The molecule has 0 saturated carbocycles. The van der Waals surface area contributed by atoms with Crippen molar-refractivity contribution in [2.75, 3.05) is 7.05 Å². The molecule has 0 saturated heterocycles. The van der Waals surface area contributed by atoms with Crippen LogP contribution in [0.4, 0.5) is 0 Å². The Hall–Kier alpha value is -1.39. The molecule has 0 radical (unpaired) electrons. The molecule has 0 unspecified atom stereocenters. The molecule has 4 heteroatoms. The van der Waals surface area contributed by atoms with Gasteiger partial charge in [-0.2, -0.15) is 0 Å².